The number of carboxylic acids is 1. The van der Waals surface area contributed by atoms with Gasteiger partial charge in [-0.05, 0) is 59.7 Å². The standard InChI is InChI=1S/C32H32N4O4/c1-39-25-11-9-23(17-31(37)38)30(18-25)40-19-29-27-16-22(21-8-7-20-13-14-34-32(33)26(20)15-21)10-12-28(27)35-36(29)24-5-3-2-4-6-24/h7-16,18,24H,2-6,17,19H2,1H3,(H2,33,34)(H,37,38). The summed E-state index contributed by atoms with van der Waals surface area (Å²) in [5.74, 6) is 0.709. The molecule has 3 N–H and O–H groups in total. The minimum Gasteiger partial charge on any atom is -0.497 e. The number of nitrogens with two attached hydrogens (primary N) is 1. The number of benzene rings is 3. The number of hydrogen-bond acceptors (Lipinski definition) is 6. The number of fused-ring (bicyclic) bond motifs is 2. The van der Waals surface area contributed by atoms with E-state index in [1.807, 2.05) is 6.07 Å². The van der Waals surface area contributed by atoms with Gasteiger partial charge in [0, 0.05) is 28.6 Å². The first kappa shape index (κ1) is 25.7. The van der Waals surface area contributed by atoms with Crippen LogP contribution < -0.4 is 15.2 Å². The van der Waals surface area contributed by atoms with Crippen molar-refractivity contribution in [3.8, 4) is 22.6 Å². The maximum Gasteiger partial charge on any atom is 0.307 e. The molecule has 8 heteroatoms. The molecule has 40 heavy (non-hydrogen) atoms. The van der Waals surface area contributed by atoms with Crippen LogP contribution in [0.5, 0.6) is 11.5 Å². The van der Waals surface area contributed by atoms with Crippen molar-refractivity contribution in [1.29, 1.82) is 0 Å². The van der Waals surface area contributed by atoms with Crippen LogP contribution in [0.3, 0.4) is 0 Å². The monoisotopic (exact) mass is 536 g/mol. The second-order valence-corrected chi connectivity index (χ2v) is 10.4. The van der Waals surface area contributed by atoms with Crippen LogP contribution in [-0.4, -0.2) is 33.0 Å². The zero-order valence-corrected chi connectivity index (χ0v) is 22.5. The fourth-order valence-electron chi connectivity index (χ4n) is 5.73. The molecule has 1 aliphatic rings. The number of aromatic nitrogens is 3. The van der Waals surface area contributed by atoms with Gasteiger partial charge in [0.05, 0.1) is 30.8 Å². The lowest BCUT2D eigenvalue weighted by atomic mass is 9.95. The van der Waals surface area contributed by atoms with Gasteiger partial charge >= 0.3 is 5.97 Å². The molecule has 0 atom stereocenters. The Hall–Kier alpha value is -4.59. The second-order valence-electron chi connectivity index (χ2n) is 10.4. The first-order chi connectivity index (χ1) is 19.5. The van der Waals surface area contributed by atoms with Crippen LogP contribution in [0.1, 0.15) is 49.4 Å². The molecule has 0 amide bonds. The van der Waals surface area contributed by atoms with E-state index in [1.54, 1.807) is 31.5 Å². The third-order valence-electron chi connectivity index (χ3n) is 7.83. The molecular weight excluding hydrogens is 504 g/mol. The van der Waals surface area contributed by atoms with Gasteiger partial charge in [-0.1, -0.05) is 43.5 Å². The molecule has 204 valence electrons. The predicted octanol–water partition coefficient (Wildman–Crippen LogP) is 6.55. The SMILES string of the molecule is COc1ccc(CC(=O)O)c(OCc2c3cc(-c4ccc5ccnc(N)c5c4)ccc3nn2C2CCCCC2)c1. The lowest BCUT2D eigenvalue weighted by Gasteiger charge is -2.24. The summed E-state index contributed by atoms with van der Waals surface area (Å²) in [5, 5.41) is 17.5. The van der Waals surface area contributed by atoms with Crippen LogP contribution >= 0.6 is 0 Å². The minimum absolute atomic E-state index is 0.133. The van der Waals surface area contributed by atoms with E-state index in [2.05, 4.69) is 46.1 Å². The number of rotatable bonds is 8. The van der Waals surface area contributed by atoms with Crippen molar-refractivity contribution >= 4 is 33.5 Å². The van der Waals surface area contributed by atoms with Crippen LogP contribution in [0.25, 0.3) is 32.8 Å². The molecule has 0 spiro atoms. The summed E-state index contributed by atoms with van der Waals surface area (Å²) in [6.45, 7) is 0.255. The summed E-state index contributed by atoms with van der Waals surface area (Å²) in [6.07, 6.45) is 7.35. The number of carboxylic acid groups (broad SMARTS) is 1. The summed E-state index contributed by atoms with van der Waals surface area (Å²) < 4.78 is 13.9. The predicted molar refractivity (Wildman–Crippen MR) is 156 cm³/mol. The van der Waals surface area contributed by atoms with E-state index in [0.29, 0.717) is 28.9 Å². The van der Waals surface area contributed by atoms with Gasteiger partial charge in [0.1, 0.15) is 23.9 Å². The van der Waals surface area contributed by atoms with Crippen LogP contribution in [0.4, 0.5) is 5.82 Å². The fraction of sp³-hybridized carbons (Fsp3) is 0.281. The highest BCUT2D eigenvalue weighted by Crippen LogP contribution is 2.35. The first-order valence-corrected chi connectivity index (χ1v) is 13.7. The molecule has 5 aromatic rings. The molecule has 0 aliphatic heterocycles. The quantitative estimate of drug-likeness (QED) is 0.231. The Balaban J connectivity index is 1.42. The number of carbonyl (C=O) groups is 1. The minimum atomic E-state index is -0.913. The van der Waals surface area contributed by atoms with Crippen molar-refractivity contribution in [2.75, 3.05) is 12.8 Å². The van der Waals surface area contributed by atoms with Crippen LogP contribution in [-0.2, 0) is 17.8 Å². The number of hydrogen-bond donors (Lipinski definition) is 2. The highest BCUT2D eigenvalue weighted by molar-refractivity contribution is 5.95. The van der Waals surface area contributed by atoms with E-state index in [0.717, 1.165) is 51.3 Å². The van der Waals surface area contributed by atoms with Gasteiger partial charge in [-0.2, -0.15) is 5.10 Å². The number of aliphatic carboxylic acids is 1. The molecule has 3 aromatic carbocycles. The topological polar surface area (TPSA) is 112 Å². The number of anilines is 1. The second kappa shape index (κ2) is 10.9. The van der Waals surface area contributed by atoms with Crippen molar-refractivity contribution in [3.05, 3.63) is 78.1 Å². The summed E-state index contributed by atoms with van der Waals surface area (Å²) in [6, 6.07) is 20.1. The van der Waals surface area contributed by atoms with Gasteiger partial charge in [0.15, 0.2) is 0 Å². The normalized spacial score (nSPS) is 14.0. The van der Waals surface area contributed by atoms with Gasteiger partial charge in [0.25, 0.3) is 0 Å². The van der Waals surface area contributed by atoms with E-state index >= 15 is 0 Å². The van der Waals surface area contributed by atoms with E-state index in [1.165, 1.54) is 19.3 Å². The summed E-state index contributed by atoms with van der Waals surface area (Å²) in [5.41, 5.74) is 10.8. The largest absolute Gasteiger partial charge is 0.497 e. The van der Waals surface area contributed by atoms with Gasteiger partial charge in [-0.3, -0.25) is 9.48 Å². The average molecular weight is 537 g/mol. The molecule has 8 nitrogen and oxygen atoms in total. The lowest BCUT2D eigenvalue weighted by Crippen LogP contribution is -2.18. The smallest absolute Gasteiger partial charge is 0.307 e. The number of pyridine rings is 1. The molecule has 1 saturated carbocycles. The van der Waals surface area contributed by atoms with Crippen molar-refractivity contribution < 1.29 is 19.4 Å². The maximum atomic E-state index is 11.5. The Bertz CT molecular complexity index is 1700. The first-order valence-electron chi connectivity index (χ1n) is 13.7. The highest BCUT2D eigenvalue weighted by atomic mass is 16.5. The van der Waals surface area contributed by atoms with Gasteiger partial charge in [-0.15, -0.1) is 0 Å². The lowest BCUT2D eigenvalue weighted by molar-refractivity contribution is -0.136. The average Bonchev–Trinajstić information content (AvgIpc) is 3.34. The zero-order chi connectivity index (χ0) is 27.6. The Morgan fingerprint density at radius 3 is 2.55 bits per heavy atom. The molecular formula is C32H32N4O4. The van der Waals surface area contributed by atoms with Gasteiger partial charge < -0.3 is 20.3 Å². The van der Waals surface area contributed by atoms with Gasteiger partial charge in [-0.25, -0.2) is 4.98 Å². The van der Waals surface area contributed by atoms with Crippen LogP contribution in [0.15, 0.2) is 66.9 Å². The molecule has 2 aromatic heterocycles. The van der Waals surface area contributed by atoms with E-state index in [9.17, 15) is 9.90 Å². The Kier molecular flexibility index (Phi) is 6.99. The van der Waals surface area contributed by atoms with Crippen molar-refractivity contribution in [3.63, 3.8) is 0 Å². The molecule has 0 saturated heterocycles. The van der Waals surface area contributed by atoms with Crippen LogP contribution in [0.2, 0.25) is 0 Å². The number of nitrogens with zero attached hydrogens (tertiary/aromatic N) is 3. The van der Waals surface area contributed by atoms with Crippen molar-refractivity contribution in [2.45, 2.75) is 51.2 Å². The summed E-state index contributed by atoms with van der Waals surface area (Å²) in [4.78, 5) is 15.8. The Morgan fingerprint density at radius 2 is 1.77 bits per heavy atom. The summed E-state index contributed by atoms with van der Waals surface area (Å²) in [7, 11) is 1.58. The van der Waals surface area contributed by atoms with E-state index in [-0.39, 0.29) is 13.0 Å². The fourth-order valence-corrected chi connectivity index (χ4v) is 5.73. The molecule has 2 heterocycles. The molecule has 1 aliphatic carbocycles. The highest BCUT2D eigenvalue weighted by Gasteiger charge is 2.23. The molecule has 0 radical (unpaired) electrons. The molecule has 6 rings (SSSR count). The van der Waals surface area contributed by atoms with Gasteiger partial charge in [0.2, 0.25) is 0 Å². The molecule has 0 unspecified atom stereocenters. The number of ether oxygens (including phenoxy) is 2. The van der Waals surface area contributed by atoms with Crippen LogP contribution in [0, 0.1) is 0 Å². The van der Waals surface area contributed by atoms with E-state index in [4.69, 9.17) is 20.3 Å². The third-order valence-corrected chi connectivity index (χ3v) is 7.83. The zero-order valence-electron chi connectivity index (χ0n) is 22.5. The Morgan fingerprint density at radius 1 is 1.00 bits per heavy atom. The van der Waals surface area contributed by atoms with E-state index < -0.39 is 5.97 Å². The Labute approximate surface area is 232 Å². The van der Waals surface area contributed by atoms with Crippen molar-refractivity contribution in [2.24, 2.45) is 0 Å². The third kappa shape index (κ3) is 5.04. The number of methoxy groups -OCH3 is 1. The van der Waals surface area contributed by atoms with Crippen molar-refractivity contribution in [1.82, 2.24) is 14.8 Å². The number of nitrogen functional groups attached to an aromatic ring is 1. The molecule has 1 fully saturated rings. The maximum absolute atomic E-state index is 11.5. The summed E-state index contributed by atoms with van der Waals surface area (Å²) >= 11 is 0. The molecule has 0 bridgehead atoms.